The Hall–Kier alpha value is -1.59. The third-order valence-corrected chi connectivity index (χ3v) is 12.8. The first-order chi connectivity index (χ1) is 30.4. The van der Waals surface area contributed by atoms with Crippen molar-refractivity contribution in [2.75, 3.05) is 13.2 Å². The molecule has 0 spiro atoms. The van der Waals surface area contributed by atoms with Crippen molar-refractivity contribution in [3.05, 3.63) is 0 Å². The molecular weight excluding hydrogens is 769 g/mol. The zero-order chi connectivity index (χ0) is 45.2. The lowest BCUT2D eigenvalue weighted by Gasteiger charge is -2.18. The summed E-state index contributed by atoms with van der Waals surface area (Å²) in [5.41, 5.74) is 0. The van der Waals surface area contributed by atoms with Crippen LogP contribution in [0.2, 0.25) is 0 Å². The molecule has 62 heavy (non-hydrogen) atoms. The molecule has 6 heteroatoms. The summed E-state index contributed by atoms with van der Waals surface area (Å²) in [5, 5.41) is 0. The van der Waals surface area contributed by atoms with Crippen molar-refractivity contribution in [3.8, 4) is 0 Å². The number of hydrogen-bond acceptors (Lipinski definition) is 6. The highest BCUT2D eigenvalue weighted by atomic mass is 16.6. The van der Waals surface area contributed by atoms with Gasteiger partial charge in [-0.1, -0.05) is 278 Å². The van der Waals surface area contributed by atoms with Crippen LogP contribution in [0, 0.1) is 5.92 Å². The summed E-state index contributed by atoms with van der Waals surface area (Å²) in [5.74, 6) is 0.00682. The molecule has 0 amide bonds. The van der Waals surface area contributed by atoms with Crippen LogP contribution in [-0.4, -0.2) is 37.2 Å². The van der Waals surface area contributed by atoms with Crippen molar-refractivity contribution in [2.24, 2.45) is 5.92 Å². The molecule has 0 fully saturated rings. The highest BCUT2D eigenvalue weighted by molar-refractivity contribution is 5.71. The average Bonchev–Trinajstić information content (AvgIpc) is 3.26. The molecule has 0 saturated heterocycles. The van der Waals surface area contributed by atoms with Crippen molar-refractivity contribution >= 4 is 17.9 Å². The Morgan fingerprint density at radius 3 is 0.790 bits per heavy atom. The van der Waals surface area contributed by atoms with Crippen LogP contribution in [0.1, 0.15) is 317 Å². The summed E-state index contributed by atoms with van der Waals surface area (Å²) >= 11 is 0. The van der Waals surface area contributed by atoms with Gasteiger partial charge in [0.15, 0.2) is 6.10 Å². The van der Waals surface area contributed by atoms with Crippen LogP contribution in [0.4, 0.5) is 0 Å². The average molecular weight is 877 g/mol. The molecule has 0 heterocycles. The second-order valence-electron chi connectivity index (χ2n) is 19.7. The Balaban J connectivity index is 4.27. The van der Waals surface area contributed by atoms with Crippen LogP contribution in [0.25, 0.3) is 0 Å². The second kappa shape index (κ2) is 50.4. The Morgan fingerprint density at radius 1 is 0.306 bits per heavy atom. The van der Waals surface area contributed by atoms with E-state index in [4.69, 9.17) is 14.2 Å². The van der Waals surface area contributed by atoms with Crippen LogP contribution >= 0.6 is 0 Å². The summed E-state index contributed by atoms with van der Waals surface area (Å²) < 4.78 is 16.9. The normalized spacial score (nSPS) is 12.0. The summed E-state index contributed by atoms with van der Waals surface area (Å²) in [6.45, 7) is 9.05. The molecule has 0 aliphatic carbocycles. The molecule has 0 radical (unpaired) electrons. The van der Waals surface area contributed by atoms with E-state index >= 15 is 0 Å². The van der Waals surface area contributed by atoms with Gasteiger partial charge >= 0.3 is 17.9 Å². The summed E-state index contributed by atoms with van der Waals surface area (Å²) in [7, 11) is 0. The molecule has 6 nitrogen and oxygen atoms in total. The standard InChI is InChI=1S/C56H108O6/c1-5-7-9-11-13-15-17-19-20-24-28-31-35-39-43-47-54(57)60-50-53(62-56(59)49-45-41-37-33-27-18-16-14-12-10-8-6-2)51-61-55(58)48-44-40-36-32-29-25-22-21-23-26-30-34-38-42-46-52(3)4/h52-53H,5-51H2,1-4H3/t53-/m1/s1. The first kappa shape index (κ1) is 60.4. The van der Waals surface area contributed by atoms with E-state index in [2.05, 4.69) is 27.7 Å². The fourth-order valence-electron chi connectivity index (χ4n) is 8.57. The molecule has 368 valence electrons. The number of carbonyl (C=O) groups excluding carboxylic acids is 3. The summed E-state index contributed by atoms with van der Waals surface area (Å²) in [6, 6.07) is 0. The van der Waals surface area contributed by atoms with Gasteiger partial charge in [-0.15, -0.1) is 0 Å². The maximum atomic E-state index is 12.8. The predicted molar refractivity (Wildman–Crippen MR) is 266 cm³/mol. The SMILES string of the molecule is CCCCCCCCCCCCCCCCCC(=O)OC[C@H](COC(=O)CCCCCCCCCCCCCCCCC(C)C)OC(=O)CCCCCCCCCCCCCC. The first-order valence-electron chi connectivity index (χ1n) is 27.9. The molecule has 0 aromatic carbocycles. The van der Waals surface area contributed by atoms with Crippen molar-refractivity contribution in [1.29, 1.82) is 0 Å². The number of rotatable bonds is 51. The van der Waals surface area contributed by atoms with Crippen LogP contribution in [0.15, 0.2) is 0 Å². The second-order valence-corrected chi connectivity index (χ2v) is 19.7. The van der Waals surface area contributed by atoms with Crippen molar-refractivity contribution in [2.45, 2.75) is 323 Å². The highest BCUT2D eigenvalue weighted by Crippen LogP contribution is 2.18. The van der Waals surface area contributed by atoms with Gasteiger partial charge in [-0.2, -0.15) is 0 Å². The quantitative estimate of drug-likeness (QED) is 0.0344. The highest BCUT2D eigenvalue weighted by Gasteiger charge is 2.19. The molecule has 0 rings (SSSR count). The summed E-state index contributed by atoms with van der Waals surface area (Å²) in [6.07, 6.45) is 53.7. The Labute approximate surface area is 387 Å². The molecule has 0 N–H and O–H groups in total. The minimum Gasteiger partial charge on any atom is -0.462 e. The van der Waals surface area contributed by atoms with E-state index in [1.54, 1.807) is 0 Å². The predicted octanol–water partition coefficient (Wildman–Crippen LogP) is 18.2. The summed E-state index contributed by atoms with van der Waals surface area (Å²) in [4.78, 5) is 38.0. The monoisotopic (exact) mass is 877 g/mol. The maximum Gasteiger partial charge on any atom is 0.306 e. The van der Waals surface area contributed by atoms with E-state index in [-0.39, 0.29) is 31.1 Å². The zero-order valence-corrected chi connectivity index (χ0v) is 42.3. The van der Waals surface area contributed by atoms with Gasteiger partial charge in [-0.05, 0) is 25.2 Å². The lowest BCUT2D eigenvalue weighted by atomic mass is 10.0. The molecule has 0 saturated carbocycles. The third kappa shape index (κ3) is 49.4. The fourth-order valence-corrected chi connectivity index (χ4v) is 8.57. The van der Waals surface area contributed by atoms with E-state index in [1.165, 1.54) is 212 Å². The molecule has 0 unspecified atom stereocenters. The van der Waals surface area contributed by atoms with Crippen LogP contribution in [-0.2, 0) is 28.6 Å². The van der Waals surface area contributed by atoms with Crippen LogP contribution in [0.3, 0.4) is 0 Å². The minimum absolute atomic E-state index is 0.0620. The van der Waals surface area contributed by atoms with Gasteiger partial charge in [0.1, 0.15) is 13.2 Å². The van der Waals surface area contributed by atoms with Gasteiger partial charge in [0.2, 0.25) is 0 Å². The molecule has 0 aliphatic heterocycles. The first-order valence-corrected chi connectivity index (χ1v) is 27.9. The fraction of sp³-hybridized carbons (Fsp3) is 0.946. The molecule has 1 atom stereocenters. The van der Waals surface area contributed by atoms with Crippen molar-refractivity contribution in [1.82, 2.24) is 0 Å². The van der Waals surface area contributed by atoms with E-state index < -0.39 is 6.10 Å². The number of esters is 3. The number of hydrogen-bond donors (Lipinski definition) is 0. The van der Waals surface area contributed by atoms with Gasteiger partial charge in [0, 0.05) is 19.3 Å². The van der Waals surface area contributed by atoms with Gasteiger partial charge in [-0.25, -0.2) is 0 Å². The van der Waals surface area contributed by atoms with Gasteiger partial charge < -0.3 is 14.2 Å². The number of ether oxygens (including phenoxy) is 3. The van der Waals surface area contributed by atoms with E-state index in [1.807, 2.05) is 0 Å². The molecule has 0 aromatic rings. The molecule has 0 bridgehead atoms. The number of carbonyl (C=O) groups is 3. The van der Waals surface area contributed by atoms with Gasteiger partial charge in [0.25, 0.3) is 0 Å². The lowest BCUT2D eigenvalue weighted by molar-refractivity contribution is -0.167. The molecule has 0 aromatic heterocycles. The van der Waals surface area contributed by atoms with E-state index in [9.17, 15) is 14.4 Å². The van der Waals surface area contributed by atoms with Gasteiger partial charge in [-0.3, -0.25) is 14.4 Å². The Bertz CT molecular complexity index is 933. The third-order valence-electron chi connectivity index (χ3n) is 12.8. The Morgan fingerprint density at radius 2 is 0.532 bits per heavy atom. The topological polar surface area (TPSA) is 78.9 Å². The maximum absolute atomic E-state index is 12.8. The van der Waals surface area contributed by atoms with Crippen LogP contribution < -0.4 is 0 Å². The van der Waals surface area contributed by atoms with E-state index in [0.717, 1.165) is 63.7 Å². The van der Waals surface area contributed by atoms with Crippen molar-refractivity contribution < 1.29 is 28.6 Å². The van der Waals surface area contributed by atoms with Crippen LogP contribution in [0.5, 0.6) is 0 Å². The molecule has 0 aliphatic rings. The van der Waals surface area contributed by atoms with Gasteiger partial charge in [0.05, 0.1) is 0 Å². The molecular formula is C56H108O6. The minimum atomic E-state index is -0.761. The van der Waals surface area contributed by atoms with Crippen molar-refractivity contribution in [3.63, 3.8) is 0 Å². The Kier molecular flexibility index (Phi) is 49.1. The number of unbranched alkanes of at least 4 members (excludes halogenated alkanes) is 38. The lowest BCUT2D eigenvalue weighted by Crippen LogP contribution is -2.30. The smallest absolute Gasteiger partial charge is 0.306 e. The zero-order valence-electron chi connectivity index (χ0n) is 42.3. The van der Waals surface area contributed by atoms with E-state index in [0.29, 0.717) is 19.3 Å². The largest absolute Gasteiger partial charge is 0.462 e.